The van der Waals surface area contributed by atoms with Crippen molar-refractivity contribution < 1.29 is 4.42 Å². The standard InChI is InChI=1S/C47H28N4O/c1-3-11-31(12-4-1)47-49-40-26-24-30-21-19-29-20-22-33(27-38(29)43(30)45(40)52-47)46-48-39-17-9-7-16-37(39)44(50-46)32-23-25-36-35-15-8-10-18-41(35)51(42(36)28-32)34-13-5-2-6-14-34/h1-28H. The number of hydrogen-bond acceptors (Lipinski definition) is 4. The lowest BCUT2D eigenvalue weighted by Gasteiger charge is -2.12. The molecule has 3 aromatic heterocycles. The van der Waals surface area contributed by atoms with Crippen molar-refractivity contribution in [1.29, 1.82) is 0 Å². The molecule has 11 rings (SSSR count). The molecule has 0 N–H and O–H groups in total. The summed E-state index contributed by atoms with van der Waals surface area (Å²) < 4.78 is 8.86. The molecule has 0 spiro atoms. The van der Waals surface area contributed by atoms with Gasteiger partial charge in [0, 0.05) is 43.9 Å². The molecule has 0 aliphatic rings. The molecule has 0 fully saturated rings. The normalized spacial score (nSPS) is 11.8. The van der Waals surface area contributed by atoms with Crippen LogP contribution < -0.4 is 0 Å². The predicted octanol–water partition coefficient (Wildman–Crippen LogP) is 12.2. The highest BCUT2D eigenvalue weighted by Crippen LogP contribution is 2.39. The topological polar surface area (TPSA) is 56.7 Å². The van der Waals surface area contributed by atoms with Crippen LogP contribution in [0.15, 0.2) is 174 Å². The SMILES string of the molecule is c1ccc(-c2nc3ccc4ccc5ccc(-c6nc(-c7ccc8c9ccccc9n(-c9ccccc9)c8c7)c7ccccc7n6)cc5c4c3o2)cc1. The molecule has 11 aromatic rings. The van der Waals surface area contributed by atoms with Crippen LogP contribution in [-0.4, -0.2) is 19.5 Å². The summed E-state index contributed by atoms with van der Waals surface area (Å²) in [6.45, 7) is 0. The fourth-order valence-electron chi connectivity index (χ4n) is 7.76. The first-order valence-electron chi connectivity index (χ1n) is 17.4. The van der Waals surface area contributed by atoms with E-state index in [0.717, 1.165) is 77.1 Å². The lowest BCUT2D eigenvalue weighted by molar-refractivity contribution is 0.623. The van der Waals surface area contributed by atoms with Crippen LogP contribution in [0.3, 0.4) is 0 Å². The average molecular weight is 665 g/mol. The van der Waals surface area contributed by atoms with Crippen molar-refractivity contribution in [3.05, 3.63) is 170 Å². The quantitative estimate of drug-likeness (QED) is 0.176. The van der Waals surface area contributed by atoms with E-state index in [1.165, 1.54) is 16.3 Å². The number of hydrogen-bond donors (Lipinski definition) is 0. The molecule has 0 saturated heterocycles. The second-order valence-electron chi connectivity index (χ2n) is 13.2. The minimum absolute atomic E-state index is 0.613. The Morgan fingerprint density at radius 3 is 2.00 bits per heavy atom. The van der Waals surface area contributed by atoms with Crippen LogP contribution in [0.1, 0.15) is 0 Å². The maximum atomic E-state index is 6.51. The zero-order valence-electron chi connectivity index (χ0n) is 27.9. The van der Waals surface area contributed by atoms with Gasteiger partial charge in [-0.05, 0) is 70.8 Å². The Morgan fingerprint density at radius 2 is 1.12 bits per heavy atom. The zero-order chi connectivity index (χ0) is 34.2. The highest BCUT2D eigenvalue weighted by molar-refractivity contribution is 6.18. The minimum atomic E-state index is 0.613. The molecule has 0 bridgehead atoms. The highest BCUT2D eigenvalue weighted by Gasteiger charge is 2.18. The Bertz CT molecular complexity index is 3180. The Balaban J connectivity index is 1.13. The van der Waals surface area contributed by atoms with Crippen LogP contribution >= 0.6 is 0 Å². The fourth-order valence-corrected chi connectivity index (χ4v) is 7.76. The molecule has 3 heterocycles. The molecular formula is C47H28N4O. The molecule has 0 saturated carbocycles. The second kappa shape index (κ2) is 11.2. The molecule has 0 atom stereocenters. The van der Waals surface area contributed by atoms with Crippen molar-refractivity contribution in [2.75, 3.05) is 0 Å². The van der Waals surface area contributed by atoms with E-state index in [-0.39, 0.29) is 0 Å². The third-order valence-corrected chi connectivity index (χ3v) is 10.2. The molecule has 52 heavy (non-hydrogen) atoms. The number of aromatic nitrogens is 4. The largest absolute Gasteiger partial charge is 0.435 e. The number of para-hydroxylation sites is 3. The summed E-state index contributed by atoms with van der Waals surface area (Å²) in [6, 6.07) is 59.2. The highest BCUT2D eigenvalue weighted by atomic mass is 16.3. The van der Waals surface area contributed by atoms with E-state index < -0.39 is 0 Å². The lowest BCUT2D eigenvalue weighted by Crippen LogP contribution is -1.96. The van der Waals surface area contributed by atoms with Gasteiger partial charge in [-0.3, -0.25) is 0 Å². The van der Waals surface area contributed by atoms with E-state index in [1.54, 1.807) is 0 Å². The average Bonchev–Trinajstić information content (AvgIpc) is 3.80. The third-order valence-electron chi connectivity index (χ3n) is 10.2. The van der Waals surface area contributed by atoms with Gasteiger partial charge < -0.3 is 8.98 Å². The summed E-state index contributed by atoms with van der Waals surface area (Å²) in [7, 11) is 0. The monoisotopic (exact) mass is 664 g/mol. The summed E-state index contributed by atoms with van der Waals surface area (Å²) in [5.41, 5.74) is 9.77. The number of benzene rings is 8. The van der Waals surface area contributed by atoms with E-state index in [0.29, 0.717) is 11.7 Å². The summed E-state index contributed by atoms with van der Waals surface area (Å²) >= 11 is 0. The van der Waals surface area contributed by atoms with Gasteiger partial charge in [0.1, 0.15) is 5.52 Å². The van der Waals surface area contributed by atoms with Gasteiger partial charge in [0.25, 0.3) is 0 Å². The van der Waals surface area contributed by atoms with E-state index in [2.05, 4.69) is 132 Å². The first kappa shape index (κ1) is 28.7. The molecule has 0 unspecified atom stereocenters. The Hall–Kier alpha value is -7.11. The van der Waals surface area contributed by atoms with Gasteiger partial charge in [0.2, 0.25) is 5.89 Å². The van der Waals surface area contributed by atoms with E-state index in [1.807, 2.05) is 42.5 Å². The molecule has 5 nitrogen and oxygen atoms in total. The summed E-state index contributed by atoms with van der Waals surface area (Å²) in [4.78, 5) is 15.3. The van der Waals surface area contributed by atoms with Crippen molar-refractivity contribution in [3.63, 3.8) is 0 Å². The van der Waals surface area contributed by atoms with Crippen molar-refractivity contribution >= 4 is 65.4 Å². The van der Waals surface area contributed by atoms with E-state index in [4.69, 9.17) is 19.4 Å². The molecular weight excluding hydrogens is 637 g/mol. The second-order valence-corrected chi connectivity index (χ2v) is 13.2. The first-order valence-corrected chi connectivity index (χ1v) is 17.4. The number of fused-ring (bicyclic) bond motifs is 9. The van der Waals surface area contributed by atoms with Crippen LogP contribution in [0, 0.1) is 0 Å². The van der Waals surface area contributed by atoms with Crippen molar-refractivity contribution in [1.82, 2.24) is 19.5 Å². The molecule has 0 amide bonds. The van der Waals surface area contributed by atoms with Crippen LogP contribution in [-0.2, 0) is 0 Å². The zero-order valence-corrected chi connectivity index (χ0v) is 27.9. The van der Waals surface area contributed by atoms with E-state index in [9.17, 15) is 0 Å². The summed E-state index contributed by atoms with van der Waals surface area (Å²) in [5.74, 6) is 1.29. The maximum Gasteiger partial charge on any atom is 0.227 e. The van der Waals surface area contributed by atoms with Gasteiger partial charge in [-0.1, -0.05) is 115 Å². The van der Waals surface area contributed by atoms with Gasteiger partial charge in [-0.15, -0.1) is 0 Å². The number of rotatable bonds is 4. The van der Waals surface area contributed by atoms with Gasteiger partial charge in [-0.25, -0.2) is 15.0 Å². The van der Waals surface area contributed by atoms with Gasteiger partial charge >= 0.3 is 0 Å². The Morgan fingerprint density at radius 1 is 0.423 bits per heavy atom. The molecule has 8 aromatic carbocycles. The van der Waals surface area contributed by atoms with Crippen molar-refractivity contribution in [3.8, 4) is 39.8 Å². The predicted molar refractivity (Wildman–Crippen MR) is 213 cm³/mol. The van der Waals surface area contributed by atoms with Gasteiger partial charge in [0.05, 0.1) is 22.2 Å². The van der Waals surface area contributed by atoms with Crippen molar-refractivity contribution in [2.45, 2.75) is 0 Å². The van der Waals surface area contributed by atoms with Crippen LogP contribution in [0.2, 0.25) is 0 Å². The maximum absolute atomic E-state index is 6.51. The molecule has 5 heteroatoms. The number of oxazole rings is 1. The molecule has 0 radical (unpaired) electrons. The van der Waals surface area contributed by atoms with Gasteiger partial charge in [-0.2, -0.15) is 0 Å². The molecule has 0 aliphatic heterocycles. The minimum Gasteiger partial charge on any atom is -0.435 e. The van der Waals surface area contributed by atoms with Crippen LogP contribution in [0.25, 0.3) is 105 Å². The van der Waals surface area contributed by atoms with Crippen LogP contribution in [0.5, 0.6) is 0 Å². The summed E-state index contributed by atoms with van der Waals surface area (Å²) in [6.07, 6.45) is 0. The van der Waals surface area contributed by atoms with E-state index >= 15 is 0 Å². The first-order chi connectivity index (χ1) is 25.8. The fraction of sp³-hybridized carbons (Fsp3) is 0. The Kier molecular flexibility index (Phi) is 6.18. The molecule has 242 valence electrons. The molecule has 0 aliphatic carbocycles. The van der Waals surface area contributed by atoms with Crippen molar-refractivity contribution in [2.24, 2.45) is 0 Å². The lowest BCUT2D eigenvalue weighted by atomic mass is 9.98. The van der Waals surface area contributed by atoms with Crippen LogP contribution in [0.4, 0.5) is 0 Å². The Labute approximate surface area is 298 Å². The number of nitrogens with zero attached hydrogens (tertiary/aromatic N) is 4. The van der Waals surface area contributed by atoms with Gasteiger partial charge in [0.15, 0.2) is 11.4 Å². The smallest absolute Gasteiger partial charge is 0.227 e. The third kappa shape index (κ3) is 4.39. The summed E-state index contributed by atoms with van der Waals surface area (Å²) in [5, 5.41) is 7.75.